The molecule has 4 nitrogen and oxygen atoms in total. The van der Waals surface area contributed by atoms with Gasteiger partial charge in [-0.1, -0.05) is 6.92 Å². The minimum Gasteiger partial charge on any atom is -0.480 e. The Hall–Kier alpha value is -1.29. The van der Waals surface area contributed by atoms with E-state index in [2.05, 4.69) is 0 Å². The van der Waals surface area contributed by atoms with E-state index >= 15 is 0 Å². The van der Waals surface area contributed by atoms with Crippen molar-refractivity contribution in [2.45, 2.75) is 39.8 Å². The summed E-state index contributed by atoms with van der Waals surface area (Å²) in [5, 5.41) is 8.79. The smallest absolute Gasteiger partial charge is 0.317 e. The number of carbonyl (C=O) groups is 1. The zero-order chi connectivity index (χ0) is 12.1. The normalized spacial score (nSPS) is 11.3. The predicted molar refractivity (Wildman–Crippen MR) is 61.3 cm³/mol. The van der Waals surface area contributed by atoms with Gasteiger partial charge in [0.25, 0.3) is 0 Å². The van der Waals surface area contributed by atoms with E-state index in [0.717, 1.165) is 17.9 Å². The fourth-order valence-corrected chi connectivity index (χ4v) is 1.49. The van der Waals surface area contributed by atoms with Gasteiger partial charge in [0.15, 0.2) is 0 Å². The summed E-state index contributed by atoms with van der Waals surface area (Å²) in [5.41, 5.74) is 0. The Morgan fingerprint density at radius 3 is 2.50 bits per heavy atom. The SMILES string of the molecule is CCc1ccc(CN(CC(=O)O)C(C)C)o1. The van der Waals surface area contributed by atoms with E-state index < -0.39 is 5.97 Å². The van der Waals surface area contributed by atoms with Gasteiger partial charge in [0.05, 0.1) is 13.1 Å². The molecule has 0 aliphatic rings. The van der Waals surface area contributed by atoms with E-state index in [1.807, 2.05) is 37.8 Å². The van der Waals surface area contributed by atoms with Crippen molar-refractivity contribution in [3.8, 4) is 0 Å². The third-order valence-corrected chi connectivity index (χ3v) is 2.49. The van der Waals surface area contributed by atoms with Gasteiger partial charge in [-0.25, -0.2) is 0 Å². The van der Waals surface area contributed by atoms with Crippen molar-refractivity contribution in [2.24, 2.45) is 0 Å². The molecule has 0 bridgehead atoms. The number of aryl methyl sites for hydroxylation is 1. The van der Waals surface area contributed by atoms with Crippen LogP contribution in [-0.2, 0) is 17.8 Å². The number of nitrogens with zero attached hydrogens (tertiary/aromatic N) is 1. The highest BCUT2D eigenvalue weighted by Gasteiger charge is 2.15. The maximum Gasteiger partial charge on any atom is 0.317 e. The Bertz CT molecular complexity index is 344. The molecule has 0 spiro atoms. The van der Waals surface area contributed by atoms with Crippen molar-refractivity contribution >= 4 is 5.97 Å². The fraction of sp³-hybridized carbons (Fsp3) is 0.583. The Kier molecular flexibility index (Phi) is 4.55. The summed E-state index contributed by atoms with van der Waals surface area (Å²) >= 11 is 0. The van der Waals surface area contributed by atoms with E-state index in [9.17, 15) is 4.79 Å². The zero-order valence-electron chi connectivity index (χ0n) is 10.1. The number of rotatable bonds is 6. The van der Waals surface area contributed by atoms with Crippen LogP contribution in [0.4, 0.5) is 0 Å². The summed E-state index contributed by atoms with van der Waals surface area (Å²) in [6.45, 7) is 6.57. The lowest BCUT2D eigenvalue weighted by Crippen LogP contribution is -2.34. The maximum atomic E-state index is 10.7. The lowest BCUT2D eigenvalue weighted by molar-refractivity contribution is -0.139. The van der Waals surface area contributed by atoms with Crippen LogP contribution >= 0.6 is 0 Å². The fourth-order valence-electron chi connectivity index (χ4n) is 1.49. The van der Waals surface area contributed by atoms with Crippen molar-refractivity contribution in [1.29, 1.82) is 0 Å². The van der Waals surface area contributed by atoms with Crippen molar-refractivity contribution in [3.63, 3.8) is 0 Å². The molecule has 0 aliphatic carbocycles. The Morgan fingerprint density at radius 1 is 1.44 bits per heavy atom. The van der Waals surface area contributed by atoms with Crippen molar-refractivity contribution in [2.75, 3.05) is 6.54 Å². The van der Waals surface area contributed by atoms with Crippen LogP contribution in [0.5, 0.6) is 0 Å². The highest BCUT2D eigenvalue weighted by Crippen LogP contribution is 2.12. The number of furan rings is 1. The second-order valence-electron chi connectivity index (χ2n) is 4.11. The third kappa shape index (κ3) is 3.70. The molecule has 0 atom stereocenters. The largest absolute Gasteiger partial charge is 0.480 e. The van der Waals surface area contributed by atoms with Crippen molar-refractivity contribution < 1.29 is 14.3 Å². The third-order valence-electron chi connectivity index (χ3n) is 2.49. The van der Waals surface area contributed by atoms with Gasteiger partial charge in [-0.3, -0.25) is 9.69 Å². The van der Waals surface area contributed by atoms with Gasteiger partial charge in [0.1, 0.15) is 11.5 Å². The molecular weight excluding hydrogens is 206 g/mol. The summed E-state index contributed by atoms with van der Waals surface area (Å²) in [6.07, 6.45) is 0.862. The number of carboxylic acid groups (broad SMARTS) is 1. The molecule has 0 aromatic carbocycles. The van der Waals surface area contributed by atoms with Gasteiger partial charge >= 0.3 is 5.97 Å². The minimum absolute atomic E-state index is 0.0415. The average Bonchev–Trinajstić information content (AvgIpc) is 2.63. The quantitative estimate of drug-likeness (QED) is 0.805. The van der Waals surface area contributed by atoms with Crippen LogP contribution in [0.3, 0.4) is 0 Å². The van der Waals surface area contributed by atoms with Gasteiger partial charge in [-0.05, 0) is 26.0 Å². The van der Waals surface area contributed by atoms with Gasteiger partial charge in [0.2, 0.25) is 0 Å². The monoisotopic (exact) mass is 225 g/mol. The zero-order valence-corrected chi connectivity index (χ0v) is 10.1. The first-order chi connectivity index (χ1) is 7.52. The van der Waals surface area contributed by atoms with E-state index in [0.29, 0.717) is 6.54 Å². The molecule has 0 saturated heterocycles. The molecule has 0 unspecified atom stereocenters. The summed E-state index contributed by atoms with van der Waals surface area (Å²) in [6, 6.07) is 4.04. The molecule has 1 aromatic heterocycles. The Morgan fingerprint density at radius 2 is 2.06 bits per heavy atom. The van der Waals surface area contributed by atoms with Crippen LogP contribution < -0.4 is 0 Å². The standard InChI is InChI=1S/C12H19NO3/c1-4-10-5-6-11(16-10)7-13(9(2)3)8-12(14)15/h5-6,9H,4,7-8H2,1-3H3,(H,14,15). The molecule has 0 amide bonds. The molecule has 1 aromatic rings. The highest BCUT2D eigenvalue weighted by atomic mass is 16.4. The number of carboxylic acids is 1. The van der Waals surface area contributed by atoms with Crippen LogP contribution in [0.15, 0.2) is 16.5 Å². The Balaban J connectivity index is 2.63. The summed E-state index contributed by atoms with van der Waals surface area (Å²) in [4.78, 5) is 12.6. The number of hydrogen-bond donors (Lipinski definition) is 1. The minimum atomic E-state index is -0.809. The number of hydrogen-bond acceptors (Lipinski definition) is 3. The van der Waals surface area contributed by atoms with E-state index in [4.69, 9.17) is 9.52 Å². The van der Waals surface area contributed by atoms with Crippen LogP contribution in [0.2, 0.25) is 0 Å². The molecule has 90 valence electrons. The topological polar surface area (TPSA) is 53.7 Å². The molecule has 4 heteroatoms. The molecule has 0 saturated carbocycles. The maximum absolute atomic E-state index is 10.7. The second kappa shape index (κ2) is 5.70. The molecule has 0 aliphatic heterocycles. The average molecular weight is 225 g/mol. The highest BCUT2D eigenvalue weighted by molar-refractivity contribution is 5.69. The van der Waals surface area contributed by atoms with E-state index in [1.54, 1.807) is 0 Å². The predicted octanol–water partition coefficient (Wildman–Crippen LogP) is 2.14. The van der Waals surface area contributed by atoms with Crippen molar-refractivity contribution in [1.82, 2.24) is 4.90 Å². The van der Waals surface area contributed by atoms with Crippen LogP contribution in [0.25, 0.3) is 0 Å². The Labute approximate surface area is 95.9 Å². The summed E-state index contributed by atoms with van der Waals surface area (Å²) in [5.74, 6) is 0.955. The first-order valence-corrected chi connectivity index (χ1v) is 5.56. The van der Waals surface area contributed by atoms with Crippen LogP contribution in [0, 0.1) is 0 Å². The van der Waals surface area contributed by atoms with Crippen LogP contribution in [-0.4, -0.2) is 28.6 Å². The molecule has 1 N–H and O–H groups in total. The molecule has 16 heavy (non-hydrogen) atoms. The molecule has 0 fully saturated rings. The second-order valence-corrected chi connectivity index (χ2v) is 4.11. The van der Waals surface area contributed by atoms with E-state index in [1.165, 1.54) is 0 Å². The lowest BCUT2D eigenvalue weighted by atomic mass is 10.3. The van der Waals surface area contributed by atoms with Crippen LogP contribution in [0.1, 0.15) is 32.3 Å². The lowest BCUT2D eigenvalue weighted by Gasteiger charge is -2.23. The van der Waals surface area contributed by atoms with Gasteiger partial charge in [-0.15, -0.1) is 0 Å². The first kappa shape index (κ1) is 12.8. The summed E-state index contributed by atoms with van der Waals surface area (Å²) < 4.78 is 5.56. The first-order valence-electron chi connectivity index (χ1n) is 5.56. The van der Waals surface area contributed by atoms with E-state index in [-0.39, 0.29) is 12.6 Å². The van der Waals surface area contributed by atoms with Gasteiger partial charge in [0, 0.05) is 12.5 Å². The molecule has 1 rings (SSSR count). The molecular formula is C12H19NO3. The van der Waals surface area contributed by atoms with Gasteiger partial charge < -0.3 is 9.52 Å². The molecule has 1 heterocycles. The van der Waals surface area contributed by atoms with Gasteiger partial charge in [-0.2, -0.15) is 0 Å². The summed E-state index contributed by atoms with van der Waals surface area (Å²) in [7, 11) is 0. The number of aliphatic carboxylic acids is 1. The van der Waals surface area contributed by atoms with Crippen molar-refractivity contribution in [3.05, 3.63) is 23.7 Å². The molecule has 0 radical (unpaired) electrons.